The zero-order chi connectivity index (χ0) is 22.9. The van der Waals surface area contributed by atoms with Crippen LogP contribution >= 0.6 is 0 Å². The van der Waals surface area contributed by atoms with Gasteiger partial charge in [-0.05, 0) is 23.8 Å². The van der Waals surface area contributed by atoms with Gasteiger partial charge in [0.15, 0.2) is 11.6 Å². The molecule has 1 aromatic carbocycles. The number of hydrogen-bond donors (Lipinski definition) is 4. The quantitative estimate of drug-likeness (QED) is 0.512. The van der Waals surface area contributed by atoms with Gasteiger partial charge in [-0.3, -0.25) is 4.98 Å². The van der Waals surface area contributed by atoms with Crippen molar-refractivity contribution in [1.82, 2.24) is 4.98 Å². The molecule has 1 aliphatic rings. The molecule has 1 fully saturated rings. The van der Waals surface area contributed by atoms with Crippen LogP contribution in [0, 0.1) is 17.1 Å². The van der Waals surface area contributed by atoms with E-state index in [4.69, 9.17) is 14.7 Å². The lowest BCUT2D eigenvalue weighted by molar-refractivity contribution is -0.278. The highest BCUT2D eigenvalue weighted by Crippen LogP contribution is 2.41. The number of nitriles is 1. The molecule has 2 aromatic rings. The molecule has 0 unspecified atom stereocenters. The third kappa shape index (κ3) is 4.60. The van der Waals surface area contributed by atoms with Crippen molar-refractivity contribution in [2.45, 2.75) is 36.9 Å². The van der Waals surface area contributed by atoms with Crippen LogP contribution in [0.2, 0.25) is 0 Å². The van der Waals surface area contributed by atoms with E-state index in [0.29, 0.717) is 12.1 Å². The van der Waals surface area contributed by atoms with E-state index in [1.807, 2.05) is 0 Å². The Kier molecular flexibility index (Phi) is 6.44. The van der Waals surface area contributed by atoms with Gasteiger partial charge in [-0.25, -0.2) is 4.39 Å². The van der Waals surface area contributed by atoms with Crippen LogP contribution in [0.25, 0.3) is 11.1 Å². The van der Waals surface area contributed by atoms with Gasteiger partial charge in [-0.2, -0.15) is 18.4 Å². The fourth-order valence-corrected chi connectivity index (χ4v) is 3.03. The standard InChI is InChI=1S/C19H16F4N2O6/c20-12-3-9(10-1-8(4-24)5-25-6-10)2-11(19(21,22)23)17(12)31-18-16(29)15(28)14(27)13(7-26)30-18/h1-3,5-6,13-16,18,26-29H,7H2/t13-,14-,15+,16+,18-/m1/s1. The molecule has 0 saturated carbocycles. The molecule has 0 spiro atoms. The summed E-state index contributed by atoms with van der Waals surface area (Å²) in [6.45, 7) is -0.847. The van der Waals surface area contributed by atoms with Crippen molar-refractivity contribution in [2.75, 3.05) is 6.61 Å². The molecule has 5 atom stereocenters. The van der Waals surface area contributed by atoms with Crippen molar-refractivity contribution >= 4 is 0 Å². The van der Waals surface area contributed by atoms with Gasteiger partial charge >= 0.3 is 6.18 Å². The second kappa shape index (κ2) is 8.74. The maximum Gasteiger partial charge on any atom is 0.420 e. The van der Waals surface area contributed by atoms with Crippen LogP contribution in [0.3, 0.4) is 0 Å². The molecule has 0 aliphatic carbocycles. The molecule has 1 aromatic heterocycles. The van der Waals surface area contributed by atoms with Crippen molar-refractivity contribution < 1.29 is 47.5 Å². The van der Waals surface area contributed by atoms with E-state index in [1.165, 1.54) is 12.3 Å². The third-order valence-electron chi connectivity index (χ3n) is 4.63. The van der Waals surface area contributed by atoms with Crippen LogP contribution in [0.4, 0.5) is 17.6 Å². The third-order valence-corrected chi connectivity index (χ3v) is 4.63. The zero-order valence-electron chi connectivity index (χ0n) is 15.5. The molecule has 1 saturated heterocycles. The SMILES string of the molecule is N#Cc1cncc(-c2cc(F)c(O[C@H]3O[C@H](CO)[C@@H](O)[C@H](O)[C@@H]3O)c(C(F)(F)F)c2)c1. The zero-order valence-corrected chi connectivity index (χ0v) is 15.5. The number of aromatic nitrogens is 1. The van der Waals surface area contributed by atoms with Gasteiger partial charge in [0.05, 0.1) is 12.2 Å². The van der Waals surface area contributed by atoms with E-state index in [-0.39, 0.29) is 16.7 Å². The first-order chi connectivity index (χ1) is 14.6. The fraction of sp³-hybridized carbons (Fsp3) is 0.368. The summed E-state index contributed by atoms with van der Waals surface area (Å²) < 4.78 is 65.6. The number of aliphatic hydroxyl groups is 4. The van der Waals surface area contributed by atoms with E-state index in [9.17, 15) is 38.0 Å². The second-order valence-corrected chi connectivity index (χ2v) is 6.72. The summed E-state index contributed by atoms with van der Waals surface area (Å²) in [5.41, 5.74) is -1.70. The van der Waals surface area contributed by atoms with Crippen molar-refractivity contribution in [3.63, 3.8) is 0 Å². The van der Waals surface area contributed by atoms with E-state index >= 15 is 0 Å². The van der Waals surface area contributed by atoms with Crippen molar-refractivity contribution in [3.05, 3.63) is 47.5 Å². The monoisotopic (exact) mass is 444 g/mol. The van der Waals surface area contributed by atoms with Crippen molar-refractivity contribution in [2.24, 2.45) is 0 Å². The predicted octanol–water partition coefficient (Wildman–Crippen LogP) is 0.957. The molecule has 1 aliphatic heterocycles. The second-order valence-electron chi connectivity index (χ2n) is 6.72. The highest BCUT2D eigenvalue weighted by Gasteiger charge is 2.46. The van der Waals surface area contributed by atoms with Gasteiger partial charge in [-0.1, -0.05) is 0 Å². The minimum atomic E-state index is -5.10. The molecule has 0 amide bonds. The molecule has 2 heterocycles. The molecule has 4 N–H and O–H groups in total. The Morgan fingerprint density at radius 2 is 1.77 bits per heavy atom. The molecular weight excluding hydrogens is 428 g/mol. The van der Waals surface area contributed by atoms with Gasteiger partial charge in [-0.15, -0.1) is 0 Å². The summed E-state index contributed by atoms with van der Waals surface area (Å²) in [4.78, 5) is 3.73. The maximum absolute atomic E-state index is 14.7. The highest BCUT2D eigenvalue weighted by molar-refractivity contribution is 5.67. The number of alkyl halides is 3. The smallest absolute Gasteiger partial charge is 0.420 e. The van der Waals surface area contributed by atoms with Crippen LogP contribution < -0.4 is 4.74 Å². The van der Waals surface area contributed by atoms with Crippen LogP contribution in [0.1, 0.15) is 11.1 Å². The average Bonchev–Trinajstić information content (AvgIpc) is 2.74. The van der Waals surface area contributed by atoms with Crippen molar-refractivity contribution in [3.8, 4) is 22.9 Å². The molecular formula is C19H16F4N2O6. The van der Waals surface area contributed by atoms with Gasteiger partial charge in [0, 0.05) is 18.0 Å². The number of hydrogen-bond acceptors (Lipinski definition) is 8. The topological polar surface area (TPSA) is 136 Å². The Labute approximate surface area is 172 Å². The van der Waals surface area contributed by atoms with E-state index in [0.717, 1.165) is 6.20 Å². The van der Waals surface area contributed by atoms with E-state index in [2.05, 4.69) is 4.98 Å². The lowest BCUT2D eigenvalue weighted by atomic mass is 9.99. The van der Waals surface area contributed by atoms with Gasteiger partial charge in [0.25, 0.3) is 0 Å². The molecule has 166 valence electrons. The molecule has 8 nitrogen and oxygen atoms in total. The molecule has 0 radical (unpaired) electrons. The number of aliphatic hydroxyl groups excluding tert-OH is 4. The number of pyridine rings is 1. The Bertz CT molecular complexity index is 994. The number of rotatable bonds is 4. The minimum Gasteiger partial charge on any atom is -0.458 e. The lowest BCUT2D eigenvalue weighted by Gasteiger charge is -2.39. The van der Waals surface area contributed by atoms with Gasteiger partial charge in [0.1, 0.15) is 36.0 Å². The van der Waals surface area contributed by atoms with Crippen LogP contribution in [0.15, 0.2) is 30.6 Å². The number of benzene rings is 1. The average molecular weight is 444 g/mol. The highest BCUT2D eigenvalue weighted by atomic mass is 19.4. The fourth-order valence-electron chi connectivity index (χ4n) is 3.03. The summed E-state index contributed by atoms with van der Waals surface area (Å²) in [7, 11) is 0. The Balaban J connectivity index is 2.03. The van der Waals surface area contributed by atoms with Crippen molar-refractivity contribution in [1.29, 1.82) is 5.26 Å². The van der Waals surface area contributed by atoms with Crippen LogP contribution in [-0.2, 0) is 10.9 Å². The first kappa shape index (κ1) is 22.9. The largest absolute Gasteiger partial charge is 0.458 e. The van der Waals surface area contributed by atoms with Crippen LogP contribution in [-0.4, -0.2) is 62.7 Å². The van der Waals surface area contributed by atoms with E-state index < -0.39 is 60.6 Å². The number of halogens is 4. The normalized spacial score (nSPS) is 26.4. The summed E-state index contributed by atoms with van der Waals surface area (Å²) in [5.74, 6) is -2.78. The Morgan fingerprint density at radius 1 is 1.06 bits per heavy atom. The molecule has 12 heteroatoms. The molecule has 0 bridgehead atoms. The predicted molar refractivity (Wildman–Crippen MR) is 93.7 cm³/mol. The molecule has 3 rings (SSSR count). The number of nitrogens with zero attached hydrogens (tertiary/aromatic N) is 2. The summed E-state index contributed by atoms with van der Waals surface area (Å²) >= 11 is 0. The van der Waals surface area contributed by atoms with E-state index in [1.54, 1.807) is 6.07 Å². The first-order valence-corrected chi connectivity index (χ1v) is 8.80. The van der Waals surface area contributed by atoms with Gasteiger partial charge < -0.3 is 29.9 Å². The minimum absolute atomic E-state index is 0.0443. The van der Waals surface area contributed by atoms with Gasteiger partial charge in [0.2, 0.25) is 6.29 Å². The summed E-state index contributed by atoms with van der Waals surface area (Å²) in [6, 6.07) is 4.28. The lowest BCUT2D eigenvalue weighted by Crippen LogP contribution is -2.60. The van der Waals surface area contributed by atoms with Crippen LogP contribution in [0.5, 0.6) is 5.75 Å². The Hall–Kier alpha value is -2.82. The Morgan fingerprint density at radius 3 is 2.39 bits per heavy atom. The first-order valence-electron chi connectivity index (χ1n) is 8.80. The molecule has 31 heavy (non-hydrogen) atoms. The summed E-state index contributed by atoms with van der Waals surface area (Å²) in [6.07, 6.45) is -12.0. The number of ether oxygens (including phenoxy) is 2. The summed E-state index contributed by atoms with van der Waals surface area (Å²) in [5, 5.41) is 47.6. The maximum atomic E-state index is 14.7.